The van der Waals surface area contributed by atoms with Crippen LogP contribution in [-0.2, 0) is 24.1 Å². The molecule has 2 aromatic heterocycles. The monoisotopic (exact) mass is 349 g/mol. The predicted molar refractivity (Wildman–Crippen MR) is 93.2 cm³/mol. The molecule has 0 saturated carbocycles. The summed E-state index contributed by atoms with van der Waals surface area (Å²) in [6.07, 6.45) is 3.06. The maximum absolute atomic E-state index is 12.3. The van der Waals surface area contributed by atoms with Crippen LogP contribution in [0.4, 0.5) is 5.00 Å². The molecule has 5 nitrogen and oxygen atoms in total. The molecule has 2 heterocycles. The van der Waals surface area contributed by atoms with Crippen LogP contribution in [0.2, 0.25) is 0 Å². The van der Waals surface area contributed by atoms with Crippen molar-refractivity contribution in [1.82, 2.24) is 4.98 Å². The zero-order valence-corrected chi connectivity index (χ0v) is 14.8. The summed E-state index contributed by atoms with van der Waals surface area (Å²) in [7, 11) is 0. The van der Waals surface area contributed by atoms with E-state index in [4.69, 9.17) is 5.73 Å². The zero-order chi connectivity index (χ0) is 16.6. The Morgan fingerprint density at radius 3 is 2.91 bits per heavy atom. The van der Waals surface area contributed by atoms with Crippen molar-refractivity contribution in [2.45, 2.75) is 39.5 Å². The lowest BCUT2D eigenvalue weighted by atomic mass is 9.88. The zero-order valence-electron chi connectivity index (χ0n) is 13.1. The van der Waals surface area contributed by atoms with Gasteiger partial charge < -0.3 is 11.1 Å². The van der Waals surface area contributed by atoms with E-state index >= 15 is 0 Å². The quantitative estimate of drug-likeness (QED) is 0.890. The number of carbonyl (C=O) groups excluding carboxylic acids is 2. The van der Waals surface area contributed by atoms with Gasteiger partial charge in [-0.25, -0.2) is 4.98 Å². The molecule has 1 atom stereocenters. The average molecular weight is 349 g/mol. The second-order valence-corrected chi connectivity index (χ2v) is 8.17. The van der Waals surface area contributed by atoms with E-state index in [0.717, 1.165) is 35.5 Å². The van der Waals surface area contributed by atoms with Gasteiger partial charge in [0, 0.05) is 10.3 Å². The summed E-state index contributed by atoms with van der Waals surface area (Å²) >= 11 is 3.01. The molecule has 23 heavy (non-hydrogen) atoms. The molecule has 7 heteroatoms. The first kappa shape index (κ1) is 16.1. The summed E-state index contributed by atoms with van der Waals surface area (Å²) in [5.74, 6) is -0.0234. The highest BCUT2D eigenvalue weighted by atomic mass is 32.1. The van der Waals surface area contributed by atoms with Gasteiger partial charge in [-0.2, -0.15) is 0 Å². The van der Waals surface area contributed by atoms with Crippen molar-refractivity contribution in [2.75, 3.05) is 5.32 Å². The fraction of sp³-hybridized carbons (Fsp3) is 0.438. The van der Waals surface area contributed by atoms with Crippen LogP contribution in [0.25, 0.3) is 0 Å². The number of anilines is 1. The van der Waals surface area contributed by atoms with Gasteiger partial charge in [-0.3, -0.25) is 9.59 Å². The highest BCUT2D eigenvalue weighted by molar-refractivity contribution is 7.17. The Balaban J connectivity index is 1.82. The van der Waals surface area contributed by atoms with E-state index in [0.29, 0.717) is 16.5 Å². The molecule has 2 aromatic rings. The molecule has 1 aliphatic rings. The molecule has 3 rings (SSSR count). The number of primary amides is 1. The molecule has 0 aromatic carbocycles. The van der Waals surface area contributed by atoms with Gasteiger partial charge in [0.25, 0.3) is 5.91 Å². The van der Waals surface area contributed by atoms with Crippen molar-refractivity contribution < 1.29 is 9.59 Å². The molecule has 0 radical (unpaired) electrons. The van der Waals surface area contributed by atoms with Crippen LogP contribution in [0.5, 0.6) is 0 Å². The van der Waals surface area contributed by atoms with Crippen molar-refractivity contribution >= 4 is 39.5 Å². The smallest absolute Gasteiger partial charge is 0.251 e. The van der Waals surface area contributed by atoms with E-state index in [1.807, 2.05) is 12.3 Å². The number of fused-ring (bicyclic) bond motifs is 1. The first-order valence-electron chi connectivity index (χ1n) is 7.59. The summed E-state index contributed by atoms with van der Waals surface area (Å²) in [6, 6.07) is 0. The lowest BCUT2D eigenvalue weighted by Gasteiger charge is -2.18. The largest absolute Gasteiger partial charge is 0.365 e. The molecule has 0 bridgehead atoms. The summed E-state index contributed by atoms with van der Waals surface area (Å²) in [6.45, 7) is 4.11. The fourth-order valence-electron chi connectivity index (χ4n) is 2.92. The van der Waals surface area contributed by atoms with Crippen molar-refractivity contribution in [3.63, 3.8) is 0 Å². The third kappa shape index (κ3) is 3.45. The van der Waals surface area contributed by atoms with Crippen molar-refractivity contribution in [3.8, 4) is 0 Å². The Labute approximate surface area is 142 Å². The van der Waals surface area contributed by atoms with Crippen LogP contribution in [-0.4, -0.2) is 16.8 Å². The van der Waals surface area contributed by atoms with Gasteiger partial charge >= 0.3 is 0 Å². The number of hydrogen-bond donors (Lipinski definition) is 2. The highest BCUT2D eigenvalue weighted by Crippen LogP contribution is 2.39. The van der Waals surface area contributed by atoms with Gasteiger partial charge in [0.2, 0.25) is 5.91 Å². The minimum Gasteiger partial charge on any atom is -0.365 e. The number of aromatic nitrogens is 1. The molecule has 122 valence electrons. The number of nitrogens with two attached hydrogens (primary N) is 1. The van der Waals surface area contributed by atoms with Crippen molar-refractivity contribution in [1.29, 1.82) is 0 Å². The lowest BCUT2D eigenvalue weighted by Crippen LogP contribution is -2.20. The van der Waals surface area contributed by atoms with Crippen LogP contribution in [0.3, 0.4) is 0 Å². The van der Waals surface area contributed by atoms with Gasteiger partial charge in [-0.15, -0.1) is 22.7 Å². The number of thiazole rings is 1. The van der Waals surface area contributed by atoms with Crippen molar-refractivity contribution in [2.24, 2.45) is 11.7 Å². The number of aryl methyl sites for hydroxylation is 1. The van der Waals surface area contributed by atoms with Crippen LogP contribution in [0, 0.1) is 12.8 Å². The Morgan fingerprint density at radius 1 is 1.48 bits per heavy atom. The number of amides is 2. The molecule has 1 unspecified atom stereocenters. The third-order valence-corrected chi connectivity index (χ3v) is 6.01. The summed E-state index contributed by atoms with van der Waals surface area (Å²) in [5.41, 5.74) is 7.83. The van der Waals surface area contributed by atoms with Gasteiger partial charge in [0.1, 0.15) is 5.00 Å². The summed E-state index contributed by atoms with van der Waals surface area (Å²) in [4.78, 5) is 29.6. The summed E-state index contributed by atoms with van der Waals surface area (Å²) in [5, 5.41) is 6.27. The molecule has 0 aliphatic heterocycles. The van der Waals surface area contributed by atoms with Crippen LogP contribution < -0.4 is 11.1 Å². The Bertz CT molecular complexity index is 763. The van der Waals surface area contributed by atoms with E-state index in [1.165, 1.54) is 27.6 Å². The maximum Gasteiger partial charge on any atom is 0.251 e. The van der Waals surface area contributed by atoms with E-state index in [-0.39, 0.29) is 12.3 Å². The van der Waals surface area contributed by atoms with Crippen LogP contribution in [0.1, 0.15) is 44.8 Å². The molecule has 3 N–H and O–H groups in total. The normalized spacial score (nSPS) is 16.9. The van der Waals surface area contributed by atoms with Crippen molar-refractivity contribution in [3.05, 3.63) is 32.1 Å². The topological polar surface area (TPSA) is 85.1 Å². The number of rotatable bonds is 4. The van der Waals surface area contributed by atoms with E-state index < -0.39 is 5.91 Å². The molecule has 2 amide bonds. The number of hydrogen-bond acceptors (Lipinski definition) is 5. The van der Waals surface area contributed by atoms with E-state index in [1.54, 1.807) is 0 Å². The minimum absolute atomic E-state index is 0.163. The Morgan fingerprint density at radius 2 is 2.26 bits per heavy atom. The first-order valence-corrected chi connectivity index (χ1v) is 9.29. The van der Waals surface area contributed by atoms with E-state index in [9.17, 15) is 9.59 Å². The van der Waals surface area contributed by atoms with Gasteiger partial charge in [-0.1, -0.05) is 6.92 Å². The number of nitrogens with one attached hydrogen (secondary N) is 1. The number of carbonyl (C=O) groups is 2. The maximum atomic E-state index is 12.3. The minimum atomic E-state index is -0.461. The average Bonchev–Trinajstić information content (AvgIpc) is 3.01. The second-order valence-electron chi connectivity index (χ2n) is 6.00. The van der Waals surface area contributed by atoms with Gasteiger partial charge in [-0.05, 0) is 37.7 Å². The fourth-order valence-corrected chi connectivity index (χ4v) is 4.97. The molecular weight excluding hydrogens is 330 g/mol. The standard InChI is InChI=1S/C16H19N3O2S2/c1-8-3-4-11-12(5-8)23-16(14(11)15(17)21)19-13(20)6-10-7-22-9(2)18-10/h7-8H,3-6H2,1-2H3,(H2,17,21)(H,19,20). The molecule has 0 saturated heterocycles. The Kier molecular flexibility index (Phi) is 4.50. The molecule has 1 aliphatic carbocycles. The van der Waals surface area contributed by atoms with Crippen LogP contribution in [0.15, 0.2) is 5.38 Å². The van der Waals surface area contributed by atoms with E-state index in [2.05, 4.69) is 17.2 Å². The number of thiophene rings is 1. The number of nitrogens with zero attached hydrogens (tertiary/aromatic N) is 1. The second kappa shape index (κ2) is 6.41. The molecular formula is C16H19N3O2S2. The summed E-state index contributed by atoms with van der Waals surface area (Å²) < 4.78 is 0. The lowest BCUT2D eigenvalue weighted by molar-refractivity contribution is -0.115. The van der Waals surface area contributed by atoms with Crippen LogP contribution >= 0.6 is 22.7 Å². The third-order valence-electron chi connectivity index (χ3n) is 4.02. The first-order chi connectivity index (χ1) is 10.9. The molecule has 0 spiro atoms. The predicted octanol–water partition coefficient (Wildman–Crippen LogP) is 2.92. The SMILES string of the molecule is Cc1nc(CC(=O)Nc2sc3c(c2C(N)=O)CCC(C)C3)cs1. The highest BCUT2D eigenvalue weighted by Gasteiger charge is 2.27. The van der Waals surface area contributed by atoms with Gasteiger partial charge in [0.05, 0.1) is 22.7 Å². The van der Waals surface area contributed by atoms with Gasteiger partial charge in [0.15, 0.2) is 0 Å². The Hall–Kier alpha value is -1.73. The molecule has 0 fully saturated rings.